The summed E-state index contributed by atoms with van der Waals surface area (Å²) in [6.45, 7) is 4.41. The van der Waals surface area contributed by atoms with Gasteiger partial charge in [-0.2, -0.15) is 0 Å². The van der Waals surface area contributed by atoms with E-state index in [4.69, 9.17) is 9.47 Å². The molecular weight excluding hydrogens is 478 g/mol. The normalized spacial score (nSPS) is 20.9. The summed E-state index contributed by atoms with van der Waals surface area (Å²) in [6.07, 6.45) is 1.56. The van der Waals surface area contributed by atoms with Crippen LogP contribution in [0.5, 0.6) is 11.5 Å². The van der Waals surface area contributed by atoms with Gasteiger partial charge in [0, 0.05) is 35.7 Å². The number of hydrogen-bond donors (Lipinski definition) is 2. The van der Waals surface area contributed by atoms with Crippen molar-refractivity contribution < 1.29 is 24.2 Å². The number of ketones is 1. The Hall–Kier alpha value is -4.32. The first-order valence-electron chi connectivity index (χ1n) is 12.8. The Labute approximate surface area is 222 Å². The zero-order valence-electron chi connectivity index (χ0n) is 21.4. The first-order valence-corrected chi connectivity index (χ1v) is 12.8. The molecule has 0 saturated heterocycles. The summed E-state index contributed by atoms with van der Waals surface area (Å²) < 4.78 is 11.1. The lowest BCUT2D eigenvalue weighted by Crippen LogP contribution is -2.42. The van der Waals surface area contributed by atoms with Crippen LogP contribution in [0.3, 0.4) is 0 Å². The number of carbonyl (C=O) groups excluding carboxylic acids is 2. The Kier molecular flexibility index (Phi) is 7.31. The fourth-order valence-electron chi connectivity index (χ4n) is 5.54. The number of methoxy groups -OCH3 is 1. The van der Waals surface area contributed by atoms with Crippen molar-refractivity contribution in [2.75, 3.05) is 13.7 Å². The number of Topliss-reactive ketones (excluding diaryl/α,β-unsaturated/α-hetero) is 1. The highest BCUT2D eigenvalue weighted by Crippen LogP contribution is 2.48. The lowest BCUT2D eigenvalue weighted by Gasteiger charge is -2.40. The molecule has 2 aliphatic rings. The molecule has 3 aromatic carbocycles. The number of hydrogen-bond acceptors (Lipinski definition) is 6. The van der Waals surface area contributed by atoms with Crippen molar-refractivity contribution in [2.24, 2.45) is 5.92 Å². The number of esters is 1. The third kappa shape index (κ3) is 5.07. The second-order valence-corrected chi connectivity index (χ2v) is 9.77. The highest BCUT2D eigenvalue weighted by atomic mass is 16.5. The molecule has 6 heteroatoms. The minimum absolute atomic E-state index is 0.0145. The summed E-state index contributed by atoms with van der Waals surface area (Å²) in [5.74, 6) is -1.58. The van der Waals surface area contributed by atoms with Gasteiger partial charge in [0.1, 0.15) is 5.92 Å². The van der Waals surface area contributed by atoms with Crippen LogP contribution in [0.25, 0.3) is 0 Å². The van der Waals surface area contributed by atoms with E-state index >= 15 is 0 Å². The fourth-order valence-corrected chi connectivity index (χ4v) is 5.54. The van der Waals surface area contributed by atoms with Gasteiger partial charge in [-0.15, -0.1) is 0 Å². The quantitative estimate of drug-likeness (QED) is 0.415. The van der Waals surface area contributed by atoms with Crippen LogP contribution in [0.15, 0.2) is 102 Å². The van der Waals surface area contributed by atoms with Gasteiger partial charge in [0.15, 0.2) is 17.3 Å². The Bertz CT molecular complexity index is 1380. The van der Waals surface area contributed by atoms with Crippen molar-refractivity contribution >= 4 is 11.8 Å². The summed E-state index contributed by atoms with van der Waals surface area (Å²) in [7, 11) is 1.47. The van der Waals surface area contributed by atoms with Crippen molar-refractivity contribution in [1.82, 2.24) is 5.32 Å². The predicted molar refractivity (Wildman–Crippen MR) is 145 cm³/mol. The molecular formula is C32H31NO5. The molecule has 3 aromatic rings. The summed E-state index contributed by atoms with van der Waals surface area (Å²) in [4.78, 5) is 27.3. The monoisotopic (exact) mass is 509 g/mol. The minimum atomic E-state index is -0.809. The van der Waals surface area contributed by atoms with E-state index in [1.54, 1.807) is 12.1 Å². The van der Waals surface area contributed by atoms with Crippen LogP contribution in [-0.2, 0) is 20.7 Å². The van der Waals surface area contributed by atoms with E-state index in [2.05, 4.69) is 11.9 Å². The average Bonchev–Trinajstić information content (AvgIpc) is 2.93. The van der Waals surface area contributed by atoms with Gasteiger partial charge in [0.05, 0.1) is 13.7 Å². The van der Waals surface area contributed by atoms with E-state index in [9.17, 15) is 14.7 Å². The number of aromatic hydroxyl groups is 1. The van der Waals surface area contributed by atoms with Gasteiger partial charge in [0.2, 0.25) is 0 Å². The summed E-state index contributed by atoms with van der Waals surface area (Å²) in [6, 6.07) is 24.7. The van der Waals surface area contributed by atoms with Gasteiger partial charge < -0.3 is 19.9 Å². The lowest BCUT2D eigenvalue weighted by atomic mass is 9.69. The maximum absolute atomic E-state index is 13.7. The Morgan fingerprint density at radius 2 is 1.71 bits per heavy atom. The number of benzene rings is 3. The average molecular weight is 510 g/mol. The van der Waals surface area contributed by atoms with Crippen LogP contribution in [0.2, 0.25) is 0 Å². The minimum Gasteiger partial charge on any atom is -0.504 e. The lowest BCUT2D eigenvalue weighted by molar-refractivity contribution is -0.147. The van der Waals surface area contributed by atoms with Crippen LogP contribution < -0.4 is 10.1 Å². The van der Waals surface area contributed by atoms with Crippen molar-refractivity contribution in [3.63, 3.8) is 0 Å². The number of phenols is 1. The summed E-state index contributed by atoms with van der Waals surface area (Å²) in [5.41, 5.74) is 4.70. The number of nitrogens with one attached hydrogen (secondary N) is 1. The first kappa shape index (κ1) is 25.3. The van der Waals surface area contributed by atoms with E-state index in [-0.39, 0.29) is 29.8 Å². The molecule has 3 atom stereocenters. The van der Waals surface area contributed by atoms with Crippen molar-refractivity contribution in [3.8, 4) is 11.5 Å². The Morgan fingerprint density at radius 3 is 2.42 bits per heavy atom. The molecule has 5 rings (SSSR count). The molecule has 6 nitrogen and oxygen atoms in total. The smallest absolute Gasteiger partial charge is 0.315 e. The maximum Gasteiger partial charge on any atom is 0.315 e. The van der Waals surface area contributed by atoms with E-state index in [1.165, 1.54) is 13.2 Å². The Balaban J connectivity index is 1.49. The maximum atomic E-state index is 13.7. The molecule has 0 fully saturated rings. The van der Waals surface area contributed by atoms with Crippen LogP contribution in [0.1, 0.15) is 41.4 Å². The van der Waals surface area contributed by atoms with Crippen LogP contribution in [-0.4, -0.2) is 30.6 Å². The van der Waals surface area contributed by atoms with Gasteiger partial charge in [-0.25, -0.2) is 0 Å². The Morgan fingerprint density at radius 1 is 1.00 bits per heavy atom. The predicted octanol–water partition coefficient (Wildman–Crippen LogP) is 5.40. The van der Waals surface area contributed by atoms with Crippen LogP contribution in [0, 0.1) is 5.92 Å². The SMILES string of the molecule is C=C1NC2=C(C(=O)CC(c3ccccc3)C2)C(c2ccc(O)c(OC)c2)C1C(=O)OCCc1ccccc1. The molecule has 0 spiro atoms. The van der Waals surface area contributed by atoms with E-state index in [0.29, 0.717) is 36.1 Å². The zero-order chi connectivity index (χ0) is 26.6. The third-order valence-corrected chi connectivity index (χ3v) is 7.40. The molecule has 0 saturated carbocycles. The number of allylic oxidation sites excluding steroid dienone is 2. The third-order valence-electron chi connectivity index (χ3n) is 7.40. The molecule has 1 heterocycles. The highest BCUT2D eigenvalue weighted by molar-refractivity contribution is 6.01. The van der Waals surface area contributed by atoms with Gasteiger partial charge in [0.25, 0.3) is 0 Å². The molecule has 0 radical (unpaired) electrons. The van der Waals surface area contributed by atoms with Gasteiger partial charge in [-0.1, -0.05) is 73.3 Å². The van der Waals surface area contributed by atoms with E-state index in [0.717, 1.165) is 16.8 Å². The highest BCUT2D eigenvalue weighted by Gasteiger charge is 2.45. The van der Waals surface area contributed by atoms with Gasteiger partial charge >= 0.3 is 5.97 Å². The van der Waals surface area contributed by atoms with Crippen LogP contribution in [0.4, 0.5) is 0 Å². The van der Waals surface area contributed by atoms with Gasteiger partial charge in [-0.3, -0.25) is 9.59 Å². The molecule has 2 N–H and O–H groups in total. The van der Waals surface area contributed by atoms with Crippen molar-refractivity contribution in [3.05, 3.63) is 119 Å². The van der Waals surface area contributed by atoms with E-state index in [1.807, 2.05) is 60.7 Å². The fraction of sp³-hybridized carbons (Fsp3) is 0.250. The zero-order valence-corrected chi connectivity index (χ0v) is 21.4. The van der Waals surface area contributed by atoms with E-state index < -0.39 is 17.8 Å². The van der Waals surface area contributed by atoms with Crippen molar-refractivity contribution in [1.29, 1.82) is 0 Å². The molecule has 3 unspecified atom stereocenters. The number of ether oxygens (including phenoxy) is 2. The molecule has 1 aliphatic carbocycles. The topological polar surface area (TPSA) is 84.9 Å². The number of carbonyl (C=O) groups is 2. The first-order chi connectivity index (χ1) is 18.5. The second-order valence-electron chi connectivity index (χ2n) is 9.77. The molecule has 0 bridgehead atoms. The summed E-state index contributed by atoms with van der Waals surface area (Å²) in [5, 5.41) is 13.5. The van der Waals surface area contributed by atoms with Gasteiger partial charge in [-0.05, 0) is 41.2 Å². The second kappa shape index (κ2) is 11.0. The molecule has 38 heavy (non-hydrogen) atoms. The largest absolute Gasteiger partial charge is 0.504 e. The molecule has 0 amide bonds. The number of phenolic OH excluding ortho intramolecular Hbond substituents is 1. The summed E-state index contributed by atoms with van der Waals surface area (Å²) >= 11 is 0. The standard InChI is InChI=1S/C32H31NO5/c1-20-29(32(36)38-16-15-21-9-5-3-6-10-21)30(23-13-14-26(34)28(19-23)37-2)31-25(33-20)17-24(18-27(31)35)22-11-7-4-8-12-22/h3-14,19,24,29-30,33-34H,1,15-18H2,2H3. The molecule has 1 aliphatic heterocycles. The molecule has 194 valence electrons. The molecule has 0 aromatic heterocycles. The van der Waals surface area contributed by atoms with Crippen molar-refractivity contribution in [2.45, 2.75) is 31.1 Å². The number of rotatable bonds is 7. The van der Waals surface area contributed by atoms with Crippen LogP contribution >= 0.6 is 0 Å².